The van der Waals surface area contributed by atoms with Gasteiger partial charge in [0.05, 0.1) is 0 Å². The molecule has 0 aromatic rings. The van der Waals surface area contributed by atoms with Crippen molar-refractivity contribution in [1.29, 1.82) is 0 Å². The van der Waals surface area contributed by atoms with Crippen LogP contribution in [-0.2, 0) is 14.3 Å². The Labute approximate surface area is 115 Å². The van der Waals surface area contributed by atoms with Gasteiger partial charge in [-0.05, 0) is 32.1 Å². The summed E-state index contributed by atoms with van der Waals surface area (Å²) in [5, 5.41) is 8.47. The number of hydrogen-bond donors (Lipinski definition) is 1. The van der Waals surface area contributed by atoms with Gasteiger partial charge in [-0.1, -0.05) is 18.8 Å². The van der Waals surface area contributed by atoms with Crippen LogP contribution in [0.15, 0.2) is 0 Å². The molecule has 1 N–H and O–H groups in total. The van der Waals surface area contributed by atoms with Crippen molar-refractivity contribution in [3.05, 3.63) is 0 Å². The van der Waals surface area contributed by atoms with Crippen LogP contribution < -0.4 is 0 Å². The Morgan fingerprint density at radius 3 is 2.79 bits per heavy atom. The minimum Gasteiger partial charge on any atom is -0.481 e. The van der Waals surface area contributed by atoms with Crippen molar-refractivity contribution in [3.8, 4) is 11.8 Å². The molecule has 0 aliphatic carbocycles. The number of carbonyl (C=O) groups is 1. The van der Waals surface area contributed by atoms with Crippen LogP contribution in [0.4, 0.5) is 0 Å². The van der Waals surface area contributed by atoms with Crippen molar-refractivity contribution < 1.29 is 19.4 Å². The molecule has 1 fully saturated rings. The second-order valence-corrected chi connectivity index (χ2v) is 4.77. The summed E-state index contributed by atoms with van der Waals surface area (Å²) >= 11 is 0. The van der Waals surface area contributed by atoms with Gasteiger partial charge in [0.25, 0.3) is 0 Å². The van der Waals surface area contributed by atoms with Crippen LogP contribution in [0.1, 0.15) is 57.8 Å². The summed E-state index contributed by atoms with van der Waals surface area (Å²) < 4.78 is 10.9. The van der Waals surface area contributed by atoms with Crippen LogP contribution in [0.25, 0.3) is 0 Å². The number of aliphatic carboxylic acids is 1. The average Bonchev–Trinajstić information content (AvgIpc) is 2.42. The molecule has 1 heterocycles. The number of carboxylic acid groups (broad SMARTS) is 1. The molecule has 4 nitrogen and oxygen atoms in total. The fourth-order valence-corrected chi connectivity index (χ4v) is 1.96. The van der Waals surface area contributed by atoms with Gasteiger partial charge >= 0.3 is 5.97 Å². The maximum absolute atomic E-state index is 10.3. The maximum Gasteiger partial charge on any atom is 0.303 e. The molecule has 108 valence electrons. The van der Waals surface area contributed by atoms with Crippen LogP contribution in [0.3, 0.4) is 0 Å². The molecule has 0 spiro atoms. The summed E-state index contributed by atoms with van der Waals surface area (Å²) in [6, 6.07) is 0. The van der Waals surface area contributed by atoms with Crippen LogP contribution in [0.5, 0.6) is 0 Å². The van der Waals surface area contributed by atoms with E-state index in [-0.39, 0.29) is 12.7 Å². The quantitative estimate of drug-likeness (QED) is 0.543. The molecule has 1 aliphatic heterocycles. The zero-order valence-electron chi connectivity index (χ0n) is 11.5. The SMILES string of the molecule is O=C(O)CCCCCCC#CCO[C@H]1CCCCO1. The van der Waals surface area contributed by atoms with E-state index < -0.39 is 5.97 Å². The number of rotatable bonds is 8. The Morgan fingerprint density at radius 1 is 1.21 bits per heavy atom. The molecule has 0 aromatic heterocycles. The Bertz CT molecular complexity index is 297. The summed E-state index contributed by atoms with van der Waals surface area (Å²) in [6.07, 6.45) is 8.20. The van der Waals surface area contributed by atoms with Gasteiger partial charge in [0.1, 0.15) is 6.61 Å². The second kappa shape index (κ2) is 10.8. The van der Waals surface area contributed by atoms with Gasteiger partial charge in [0, 0.05) is 19.4 Å². The van der Waals surface area contributed by atoms with E-state index >= 15 is 0 Å². The second-order valence-electron chi connectivity index (χ2n) is 4.77. The van der Waals surface area contributed by atoms with E-state index in [4.69, 9.17) is 14.6 Å². The highest BCUT2D eigenvalue weighted by Gasteiger charge is 2.12. The minimum atomic E-state index is -0.707. The first kappa shape index (κ1) is 16.0. The molecule has 0 radical (unpaired) electrons. The van der Waals surface area contributed by atoms with Crippen molar-refractivity contribution in [3.63, 3.8) is 0 Å². The molecule has 1 atom stereocenters. The Morgan fingerprint density at radius 2 is 2.05 bits per heavy atom. The molecule has 19 heavy (non-hydrogen) atoms. The number of carboxylic acids is 1. The van der Waals surface area contributed by atoms with Crippen LogP contribution >= 0.6 is 0 Å². The van der Waals surface area contributed by atoms with E-state index in [1.165, 1.54) is 6.42 Å². The molecule has 0 bridgehead atoms. The van der Waals surface area contributed by atoms with Gasteiger partial charge in [-0.3, -0.25) is 4.79 Å². The number of unbranched alkanes of at least 4 members (excludes halogenated alkanes) is 4. The molecule has 0 aromatic carbocycles. The fourth-order valence-electron chi connectivity index (χ4n) is 1.96. The van der Waals surface area contributed by atoms with E-state index in [9.17, 15) is 4.79 Å². The predicted molar refractivity (Wildman–Crippen MR) is 72.7 cm³/mol. The van der Waals surface area contributed by atoms with Gasteiger partial charge in [0.2, 0.25) is 0 Å². The van der Waals surface area contributed by atoms with Crippen LogP contribution in [0, 0.1) is 11.8 Å². The smallest absolute Gasteiger partial charge is 0.303 e. The van der Waals surface area contributed by atoms with Crippen molar-refractivity contribution in [2.24, 2.45) is 0 Å². The lowest BCUT2D eigenvalue weighted by Crippen LogP contribution is -2.22. The van der Waals surface area contributed by atoms with Crippen LogP contribution in [0.2, 0.25) is 0 Å². The maximum atomic E-state index is 10.3. The van der Waals surface area contributed by atoms with Gasteiger partial charge in [-0.2, -0.15) is 0 Å². The molecule has 1 saturated heterocycles. The summed E-state index contributed by atoms with van der Waals surface area (Å²) in [5.74, 6) is 5.37. The summed E-state index contributed by atoms with van der Waals surface area (Å²) in [7, 11) is 0. The van der Waals surface area contributed by atoms with Gasteiger partial charge < -0.3 is 14.6 Å². The fraction of sp³-hybridized carbons (Fsp3) is 0.800. The van der Waals surface area contributed by atoms with E-state index in [2.05, 4.69) is 11.8 Å². The van der Waals surface area contributed by atoms with Crippen molar-refractivity contribution in [1.82, 2.24) is 0 Å². The number of ether oxygens (including phenoxy) is 2. The van der Waals surface area contributed by atoms with Gasteiger partial charge in [-0.25, -0.2) is 0 Å². The Hall–Kier alpha value is -1.05. The standard InChI is InChI=1S/C15H24O4/c16-14(17)10-6-4-2-1-3-5-8-12-18-15-11-7-9-13-19-15/h15H,1-4,6-7,9-13H2,(H,16,17)/t15-/m1/s1. The molecular weight excluding hydrogens is 244 g/mol. The first-order valence-electron chi connectivity index (χ1n) is 7.20. The third-order valence-electron chi connectivity index (χ3n) is 3.05. The lowest BCUT2D eigenvalue weighted by Gasteiger charge is -2.21. The third kappa shape index (κ3) is 9.52. The molecule has 0 unspecified atom stereocenters. The Balaban J connectivity index is 1.86. The van der Waals surface area contributed by atoms with E-state index in [0.29, 0.717) is 6.61 Å². The molecular formula is C15H24O4. The molecule has 1 rings (SSSR count). The third-order valence-corrected chi connectivity index (χ3v) is 3.05. The van der Waals surface area contributed by atoms with Crippen LogP contribution in [-0.4, -0.2) is 30.6 Å². The van der Waals surface area contributed by atoms with Crippen molar-refractivity contribution >= 4 is 5.97 Å². The number of hydrogen-bond acceptors (Lipinski definition) is 3. The van der Waals surface area contributed by atoms with Crippen molar-refractivity contribution in [2.75, 3.05) is 13.2 Å². The zero-order valence-corrected chi connectivity index (χ0v) is 11.5. The highest BCUT2D eigenvalue weighted by Crippen LogP contribution is 2.13. The van der Waals surface area contributed by atoms with E-state index in [1.54, 1.807) is 0 Å². The highest BCUT2D eigenvalue weighted by atomic mass is 16.7. The highest BCUT2D eigenvalue weighted by molar-refractivity contribution is 5.66. The van der Waals surface area contributed by atoms with Gasteiger partial charge in [-0.15, -0.1) is 5.92 Å². The Kier molecular flexibility index (Phi) is 9.13. The summed E-state index contributed by atoms with van der Waals surface area (Å²) in [6.45, 7) is 1.25. The van der Waals surface area contributed by atoms with E-state index in [1.807, 2.05) is 0 Å². The molecule has 0 saturated carbocycles. The lowest BCUT2D eigenvalue weighted by atomic mass is 10.1. The summed E-state index contributed by atoms with van der Waals surface area (Å²) in [4.78, 5) is 10.3. The first-order chi connectivity index (χ1) is 9.29. The average molecular weight is 268 g/mol. The molecule has 1 aliphatic rings. The lowest BCUT2D eigenvalue weighted by molar-refractivity contribution is -0.154. The molecule has 4 heteroatoms. The zero-order chi connectivity index (χ0) is 13.8. The van der Waals surface area contributed by atoms with Gasteiger partial charge in [0.15, 0.2) is 6.29 Å². The largest absolute Gasteiger partial charge is 0.481 e. The van der Waals surface area contributed by atoms with E-state index in [0.717, 1.165) is 51.6 Å². The summed E-state index contributed by atoms with van der Waals surface area (Å²) in [5.41, 5.74) is 0. The topological polar surface area (TPSA) is 55.8 Å². The monoisotopic (exact) mass is 268 g/mol. The predicted octanol–water partition coefficient (Wildman–Crippen LogP) is 2.96. The van der Waals surface area contributed by atoms with Crippen molar-refractivity contribution in [2.45, 2.75) is 64.1 Å². The first-order valence-corrected chi connectivity index (χ1v) is 7.20. The molecule has 0 amide bonds. The normalized spacial score (nSPS) is 18.6. The minimum absolute atomic E-state index is 0.0564.